The van der Waals surface area contributed by atoms with Crippen LogP contribution in [0.4, 0.5) is 23.5 Å². The molecule has 182 valence electrons. The Morgan fingerprint density at radius 3 is 2.56 bits per heavy atom. The topological polar surface area (TPSA) is 99.8 Å². The molecule has 8 nitrogen and oxygen atoms in total. The van der Waals surface area contributed by atoms with Gasteiger partial charge in [-0.3, -0.25) is 0 Å². The minimum atomic E-state index is -3.41. The highest BCUT2D eigenvalue weighted by molar-refractivity contribution is 7.90. The number of β-amino-alcohol motifs (C(OH)–C–C–N with tert-alkyl or cyclic N) is 1. The maximum absolute atomic E-state index is 14.5. The van der Waals surface area contributed by atoms with Crippen molar-refractivity contribution in [3.63, 3.8) is 0 Å². The summed E-state index contributed by atoms with van der Waals surface area (Å²) in [7, 11) is -3.41. The molecule has 3 heterocycles. The van der Waals surface area contributed by atoms with Crippen molar-refractivity contribution < 1.29 is 31.1 Å². The zero-order valence-electron chi connectivity index (χ0n) is 17.7. The van der Waals surface area contributed by atoms with Crippen LogP contribution in [0.3, 0.4) is 0 Å². The Morgan fingerprint density at radius 2 is 1.88 bits per heavy atom. The summed E-state index contributed by atoms with van der Waals surface area (Å²) in [5.41, 5.74) is -0.840. The van der Waals surface area contributed by atoms with E-state index in [0.29, 0.717) is 12.8 Å². The lowest BCUT2D eigenvalue weighted by Crippen LogP contribution is -2.52. The van der Waals surface area contributed by atoms with E-state index in [9.17, 15) is 31.1 Å². The van der Waals surface area contributed by atoms with E-state index in [2.05, 4.69) is 15.4 Å². The Labute approximate surface area is 192 Å². The lowest BCUT2D eigenvalue weighted by atomic mass is 10.0. The molecule has 2 aliphatic rings. The first-order valence-corrected chi connectivity index (χ1v) is 12.2. The molecular formula is C21H21F4N5O3S. The first-order chi connectivity index (χ1) is 16.1. The standard InChI is InChI=1S/C21H21F4N5O3S/c22-14-4-1-11(20(24)25)7-13(14)17-8-15(23)18-9-26-21(28-30(17)18)27-16-5-6-29(10-19(16)31)34(32,33)12-2-3-12/h1,4,7-9,12,16,19-20,31H,2-3,5-6,10H2,(H,27,28)/t16-,19-/m1/s1. The molecule has 0 unspecified atom stereocenters. The van der Waals surface area contributed by atoms with E-state index in [1.165, 1.54) is 4.31 Å². The summed E-state index contributed by atoms with van der Waals surface area (Å²) in [6.45, 7) is 0.138. The van der Waals surface area contributed by atoms with Gasteiger partial charge in [-0.2, -0.15) is 4.31 Å². The van der Waals surface area contributed by atoms with E-state index >= 15 is 0 Å². The molecule has 0 bridgehead atoms. The van der Waals surface area contributed by atoms with Crippen molar-refractivity contribution in [3.8, 4) is 11.3 Å². The molecule has 2 aromatic heterocycles. The molecule has 5 rings (SSSR count). The van der Waals surface area contributed by atoms with Gasteiger partial charge in [0.1, 0.15) is 11.3 Å². The minimum absolute atomic E-state index is 0.0164. The van der Waals surface area contributed by atoms with Crippen molar-refractivity contribution in [1.29, 1.82) is 0 Å². The third-order valence-corrected chi connectivity index (χ3v) is 8.52. The Kier molecular flexibility index (Phi) is 5.73. The van der Waals surface area contributed by atoms with Crippen molar-refractivity contribution in [1.82, 2.24) is 18.9 Å². The molecule has 1 aliphatic carbocycles. The molecule has 3 aromatic rings. The predicted molar refractivity (Wildman–Crippen MR) is 115 cm³/mol. The van der Waals surface area contributed by atoms with Crippen LogP contribution in [0.1, 0.15) is 31.3 Å². The monoisotopic (exact) mass is 499 g/mol. The van der Waals surface area contributed by atoms with Gasteiger partial charge < -0.3 is 10.4 Å². The Hall–Kier alpha value is -2.77. The zero-order chi connectivity index (χ0) is 24.2. The van der Waals surface area contributed by atoms with E-state index in [1.54, 1.807) is 0 Å². The molecule has 13 heteroatoms. The van der Waals surface area contributed by atoms with Gasteiger partial charge in [0.05, 0.1) is 29.3 Å². The highest BCUT2D eigenvalue weighted by atomic mass is 32.2. The van der Waals surface area contributed by atoms with Crippen LogP contribution in [0.15, 0.2) is 30.5 Å². The fourth-order valence-corrected chi connectivity index (χ4v) is 6.00. The maximum Gasteiger partial charge on any atom is 0.263 e. The predicted octanol–water partition coefficient (Wildman–Crippen LogP) is 2.95. The first kappa shape index (κ1) is 23.0. The number of halogens is 4. The molecule has 2 atom stereocenters. The lowest BCUT2D eigenvalue weighted by molar-refractivity contribution is 0.0946. The highest BCUT2D eigenvalue weighted by Gasteiger charge is 2.43. The summed E-state index contributed by atoms with van der Waals surface area (Å²) in [6, 6.07) is 3.18. The summed E-state index contributed by atoms with van der Waals surface area (Å²) < 4.78 is 82.3. The number of nitrogens with one attached hydrogen (secondary N) is 1. The van der Waals surface area contributed by atoms with Gasteiger partial charge in [0.15, 0.2) is 5.82 Å². The molecular weight excluding hydrogens is 478 g/mol. The van der Waals surface area contributed by atoms with Crippen LogP contribution in [0.2, 0.25) is 0 Å². The summed E-state index contributed by atoms with van der Waals surface area (Å²) >= 11 is 0. The number of nitrogens with zero attached hydrogens (tertiary/aromatic N) is 4. The number of hydrogen-bond donors (Lipinski definition) is 2. The maximum atomic E-state index is 14.5. The molecule has 34 heavy (non-hydrogen) atoms. The van der Waals surface area contributed by atoms with Crippen molar-refractivity contribution in [2.24, 2.45) is 0 Å². The van der Waals surface area contributed by atoms with Crippen LogP contribution in [0.25, 0.3) is 16.8 Å². The van der Waals surface area contributed by atoms with Crippen LogP contribution in [-0.2, 0) is 10.0 Å². The number of benzene rings is 1. The van der Waals surface area contributed by atoms with E-state index in [4.69, 9.17) is 0 Å². The van der Waals surface area contributed by atoms with Gasteiger partial charge in [-0.25, -0.2) is 35.5 Å². The quantitative estimate of drug-likeness (QED) is 0.506. The number of aliphatic hydroxyl groups excluding tert-OH is 1. The van der Waals surface area contributed by atoms with Gasteiger partial charge in [-0.05, 0) is 31.4 Å². The van der Waals surface area contributed by atoms with Crippen molar-refractivity contribution in [3.05, 3.63) is 47.7 Å². The summed E-state index contributed by atoms with van der Waals surface area (Å²) in [4.78, 5) is 4.04. The minimum Gasteiger partial charge on any atom is -0.390 e. The molecule has 2 N–H and O–H groups in total. The normalized spacial score (nSPS) is 21.9. The summed E-state index contributed by atoms with van der Waals surface area (Å²) in [5, 5.41) is 17.3. The average molecular weight is 499 g/mol. The highest BCUT2D eigenvalue weighted by Crippen LogP contribution is 2.33. The van der Waals surface area contributed by atoms with Gasteiger partial charge >= 0.3 is 0 Å². The molecule has 0 amide bonds. The number of piperidine rings is 1. The van der Waals surface area contributed by atoms with Crippen LogP contribution in [0.5, 0.6) is 0 Å². The van der Waals surface area contributed by atoms with E-state index in [1.807, 2.05) is 0 Å². The van der Waals surface area contributed by atoms with Gasteiger partial charge in [0, 0.05) is 30.3 Å². The van der Waals surface area contributed by atoms with Crippen LogP contribution >= 0.6 is 0 Å². The Bertz CT molecular complexity index is 1350. The molecule has 1 aliphatic heterocycles. The number of fused-ring (bicyclic) bond motifs is 1. The van der Waals surface area contributed by atoms with Crippen LogP contribution in [0, 0.1) is 11.6 Å². The first-order valence-electron chi connectivity index (χ1n) is 10.7. The molecule has 2 fully saturated rings. The molecule has 0 spiro atoms. The number of rotatable bonds is 6. The molecule has 0 radical (unpaired) electrons. The van der Waals surface area contributed by atoms with Gasteiger partial charge in [-0.1, -0.05) is 6.07 Å². The third-order valence-electron chi connectivity index (χ3n) is 6.15. The second kappa shape index (κ2) is 8.47. The van der Waals surface area contributed by atoms with Gasteiger partial charge in [0.2, 0.25) is 16.0 Å². The molecule has 1 aromatic carbocycles. The fourth-order valence-electron chi connectivity index (χ4n) is 4.13. The van der Waals surface area contributed by atoms with Crippen molar-refractivity contribution in [2.75, 3.05) is 18.4 Å². The van der Waals surface area contributed by atoms with E-state index < -0.39 is 45.8 Å². The smallest absolute Gasteiger partial charge is 0.263 e. The average Bonchev–Trinajstić information content (AvgIpc) is 3.61. The van der Waals surface area contributed by atoms with Crippen molar-refractivity contribution in [2.45, 2.75) is 43.1 Å². The van der Waals surface area contributed by atoms with Crippen molar-refractivity contribution >= 4 is 21.5 Å². The number of hydrogen-bond acceptors (Lipinski definition) is 6. The number of sulfonamides is 1. The Balaban J connectivity index is 1.41. The van der Waals surface area contributed by atoms with E-state index in [-0.39, 0.29) is 47.5 Å². The second-order valence-corrected chi connectivity index (χ2v) is 10.7. The zero-order valence-corrected chi connectivity index (χ0v) is 18.5. The van der Waals surface area contributed by atoms with Gasteiger partial charge in [-0.15, -0.1) is 5.10 Å². The van der Waals surface area contributed by atoms with E-state index in [0.717, 1.165) is 35.0 Å². The Morgan fingerprint density at radius 1 is 1.12 bits per heavy atom. The summed E-state index contributed by atoms with van der Waals surface area (Å²) in [5.74, 6) is -1.60. The molecule has 1 saturated heterocycles. The van der Waals surface area contributed by atoms with Crippen LogP contribution < -0.4 is 5.32 Å². The van der Waals surface area contributed by atoms with Gasteiger partial charge in [0.25, 0.3) is 6.43 Å². The number of alkyl halides is 2. The SMILES string of the molecule is O=S(=O)(C1CC1)N1CC[C@@H](Nc2ncc3c(F)cc(-c4cc(C(F)F)ccc4F)n3n2)[C@H](O)C1. The van der Waals surface area contributed by atoms with Crippen LogP contribution in [-0.4, -0.2) is 62.9 Å². The fraction of sp³-hybridized carbons (Fsp3) is 0.429. The second-order valence-electron chi connectivity index (χ2n) is 8.51. The third kappa shape index (κ3) is 4.12. The number of anilines is 1. The molecule has 1 saturated carbocycles. The number of aromatic nitrogens is 3. The lowest BCUT2D eigenvalue weighted by Gasteiger charge is -2.35. The summed E-state index contributed by atoms with van der Waals surface area (Å²) in [6.07, 6.45) is -1.18. The largest absolute Gasteiger partial charge is 0.390 e. The number of aliphatic hydroxyl groups is 1.